The van der Waals surface area contributed by atoms with Crippen LogP contribution in [0.15, 0.2) is 48.5 Å². The minimum absolute atomic E-state index is 0.0238. The van der Waals surface area contributed by atoms with Crippen molar-refractivity contribution in [2.45, 2.75) is 38.1 Å². The van der Waals surface area contributed by atoms with Crippen LogP contribution in [0.25, 0.3) is 11.1 Å². The van der Waals surface area contributed by atoms with Gasteiger partial charge in [0, 0.05) is 19.0 Å². The van der Waals surface area contributed by atoms with Gasteiger partial charge in [0.2, 0.25) is 5.91 Å². The number of hydrogen-bond donors (Lipinski definition) is 2. The SMILES string of the molecule is CCC[C@H](NC(=O)OCC1c2ccccc2-c2ccccc21)C(=O)N1CC2CC2(C(=O)O)C1. The number of carbonyl (C=O) groups excluding carboxylic acids is 2. The molecular formula is C26H28N2O5. The molecule has 7 heteroatoms. The van der Waals surface area contributed by atoms with Crippen LogP contribution in [-0.2, 0) is 14.3 Å². The molecule has 2 aromatic carbocycles. The summed E-state index contributed by atoms with van der Waals surface area (Å²) < 4.78 is 5.60. The van der Waals surface area contributed by atoms with Crippen LogP contribution in [0.3, 0.4) is 0 Å². The maximum absolute atomic E-state index is 13.1. The summed E-state index contributed by atoms with van der Waals surface area (Å²) in [5.74, 6) is -1.09. The van der Waals surface area contributed by atoms with Crippen LogP contribution in [0, 0.1) is 11.3 Å². The zero-order valence-electron chi connectivity index (χ0n) is 18.6. The van der Waals surface area contributed by atoms with Crippen molar-refractivity contribution in [1.29, 1.82) is 0 Å². The molecule has 33 heavy (non-hydrogen) atoms. The van der Waals surface area contributed by atoms with Gasteiger partial charge in [0.25, 0.3) is 0 Å². The Labute approximate surface area is 192 Å². The van der Waals surface area contributed by atoms with E-state index in [4.69, 9.17) is 4.74 Å². The Morgan fingerprint density at radius 3 is 2.33 bits per heavy atom. The van der Waals surface area contributed by atoms with Gasteiger partial charge in [-0.05, 0) is 41.0 Å². The van der Waals surface area contributed by atoms with E-state index in [-0.39, 0.29) is 30.9 Å². The number of rotatable bonds is 7. The molecule has 3 atom stereocenters. The molecule has 0 radical (unpaired) electrons. The first-order valence-electron chi connectivity index (χ1n) is 11.6. The zero-order chi connectivity index (χ0) is 23.2. The molecule has 2 fully saturated rings. The zero-order valence-corrected chi connectivity index (χ0v) is 18.6. The molecule has 2 aliphatic carbocycles. The van der Waals surface area contributed by atoms with Gasteiger partial charge in [-0.2, -0.15) is 0 Å². The van der Waals surface area contributed by atoms with E-state index in [1.165, 1.54) is 0 Å². The number of amides is 2. The van der Waals surface area contributed by atoms with Gasteiger partial charge in [-0.25, -0.2) is 4.79 Å². The van der Waals surface area contributed by atoms with Crippen molar-refractivity contribution in [3.8, 4) is 11.1 Å². The number of carboxylic acids is 1. The third-order valence-electron chi connectivity index (χ3n) is 7.39. The monoisotopic (exact) mass is 448 g/mol. The first-order chi connectivity index (χ1) is 15.9. The summed E-state index contributed by atoms with van der Waals surface area (Å²) in [5, 5.41) is 12.2. The fraction of sp³-hybridized carbons (Fsp3) is 0.423. The molecule has 7 nitrogen and oxygen atoms in total. The summed E-state index contributed by atoms with van der Waals surface area (Å²) in [7, 11) is 0. The van der Waals surface area contributed by atoms with E-state index in [9.17, 15) is 19.5 Å². The number of likely N-dealkylation sites (tertiary alicyclic amines) is 1. The van der Waals surface area contributed by atoms with Gasteiger partial charge < -0.3 is 20.1 Å². The molecule has 5 rings (SSSR count). The van der Waals surface area contributed by atoms with E-state index >= 15 is 0 Å². The van der Waals surface area contributed by atoms with Gasteiger partial charge in [0.15, 0.2) is 0 Å². The number of ether oxygens (including phenoxy) is 1. The second-order valence-corrected chi connectivity index (χ2v) is 9.39. The van der Waals surface area contributed by atoms with Gasteiger partial charge in [0.05, 0.1) is 5.41 Å². The second kappa shape index (κ2) is 8.21. The maximum Gasteiger partial charge on any atom is 0.407 e. The smallest absolute Gasteiger partial charge is 0.407 e. The van der Waals surface area contributed by atoms with Crippen molar-refractivity contribution in [2.75, 3.05) is 19.7 Å². The summed E-state index contributed by atoms with van der Waals surface area (Å²) in [5.41, 5.74) is 3.78. The summed E-state index contributed by atoms with van der Waals surface area (Å²) >= 11 is 0. The summed E-state index contributed by atoms with van der Waals surface area (Å²) in [4.78, 5) is 38.9. The third-order valence-corrected chi connectivity index (χ3v) is 7.39. The fourth-order valence-corrected chi connectivity index (χ4v) is 5.53. The highest BCUT2D eigenvalue weighted by atomic mass is 16.5. The highest BCUT2D eigenvalue weighted by Crippen LogP contribution is 2.58. The molecule has 172 valence electrons. The lowest BCUT2D eigenvalue weighted by molar-refractivity contribution is -0.144. The van der Waals surface area contributed by atoms with E-state index in [0.29, 0.717) is 25.8 Å². The summed E-state index contributed by atoms with van der Waals surface area (Å²) in [6, 6.07) is 15.5. The molecular weight excluding hydrogens is 420 g/mol. The molecule has 0 bridgehead atoms. The fourth-order valence-electron chi connectivity index (χ4n) is 5.53. The molecule has 2 aromatic rings. The Hall–Kier alpha value is -3.35. The Morgan fingerprint density at radius 2 is 1.76 bits per heavy atom. The van der Waals surface area contributed by atoms with Crippen molar-refractivity contribution < 1.29 is 24.2 Å². The second-order valence-electron chi connectivity index (χ2n) is 9.39. The molecule has 2 amide bonds. The Morgan fingerprint density at radius 1 is 1.12 bits per heavy atom. The largest absolute Gasteiger partial charge is 0.481 e. The number of fused-ring (bicyclic) bond motifs is 4. The Balaban J connectivity index is 1.23. The number of carbonyl (C=O) groups is 3. The number of hydrogen-bond acceptors (Lipinski definition) is 4. The third kappa shape index (κ3) is 3.65. The van der Waals surface area contributed by atoms with Crippen LogP contribution >= 0.6 is 0 Å². The first-order valence-corrected chi connectivity index (χ1v) is 11.6. The Kier molecular flexibility index (Phi) is 5.35. The molecule has 0 spiro atoms. The predicted molar refractivity (Wildman–Crippen MR) is 122 cm³/mol. The molecule has 1 saturated heterocycles. The maximum atomic E-state index is 13.1. The van der Waals surface area contributed by atoms with Gasteiger partial charge in [-0.1, -0.05) is 61.9 Å². The average Bonchev–Trinajstić information content (AvgIpc) is 3.25. The lowest BCUT2D eigenvalue weighted by Gasteiger charge is -2.26. The van der Waals surface area contributed by atoms with E-state index in [2.05, 4.69) is 29.6 Å². The molecule has 3 aliphatic rings. The van der Waals surface area contributed by atoms with Gasteiger partial charge >= 0.3 is 12.1 Å². The van der Waals surface area contributed by atoms with E-state index < -0.39 is 23.5 Å². The molecule has 2 N–H and O–H groups in total. The highest BCUT2D eigenvalue weighted by molar-refractivity contribution is 5.88. The van der Waals surface area contributed by atoms with E-state index in [0.717, 1.165) is 22.3 Å². The van der Waals surface area contributed by atoms with Crippen molar-refractivity contribution in [3.05, 3.63) is 59.7 Å². The number of alkyl carbamates (subject to hydrolysis) is 1. The van der Waals surface area contributed by atoms with Crippen LogP contribution < -0.4 is 5.32 Å². The number of piperidine rings is 1. The molecule has 1 heterocycles. The van der Waals surface area contributed by atoms with Crippen LogP contribution in [0.2, 0.25) is 0 Å². The topological polar surface area (TPSA) is 95.9 Å². The quantitative estimate of drug-likeness (QED) is 0.674. The minimum atomic E-state index is -0.834. The van der Waals surface area contributed by atoms with Crippen molar-refractivity contribution in [3.63, 3.8) is 0 Å². The summed E-state index contributed by atoms with van der Waals surface area (Å²) in [6.07, 6.45) is 1.19. The molecule has 0 aromatic heterocycles. The first kappa shape index (κ1) is 21.5. The van der Waals surface area contributed by atoms with Crippen molar-refractivity contribution in [1.82, 2.24) is 10.2 Å². The van der Waals surface area contributed by atoms with Crippen LogP contribution in [-0.4, -0.2) is 53.7 Å². The van der Waals surface area contributed by atoms with Gasteiger partial charge in [-0.15, -0.1) is 0 Å². The van der Waals surface area contributed by atoms with Crippen molar-refractivity contribution in [2.24, 2.45) is 11.3 Å². The highest BCUT2D eigenvalue weighted by Gasteiger charge is 2.66. The average molecular weight is 449 g/mol. The van der Waals surface area contributed by atoms with E-state index in [1.807, 2.05) is 31.2 Å². The van der Waals surface area contributed by atoms with Crippen LogP contribution in [0.4, 0.5) is 4.79 Å². The van der Waals surface area contributed by atoms with Gasteiger partial charge in [0.1, 0.15) is 12.6 Å². The van der Waals surface area contributed by atoms with Crippen LogP contribution in [0.1, 0.15) is 43.2 Å². The summed E-state index contributed by atoms with van der Waals surface area (Å²) in [6.45, 7) is 2.79. The lowest BCUT2D eigenvalue weighted by atomic mass is 9.98. The number of carboxylic acid groups (broad SMARTS) is 1. The molecule has 1 saturated carbocycles. The lowest BCUT2D eigenvalue weighted by Crippen LogP contribution is -2.49. The number of nitrogens with one attached hydrogen (secondary N) is 1. The predicted octanol–water partition coefficient (Wildman–Crippen LogP) is 3.63. The molecule has 1 aliphatic heterocycles. The number of aliphatic carboxylic acids is 1. The standard InChI is InChI=1S/C26H28N2O5/c1-2-7-22(23(29)28-13-16-12-26(16,15-28)24(30)31)27-25(32)33-14-21-19-10-5-3-8-17(19)18-9-4-6-11-20(18)21/h3-6,8-11,16,21-22H,2,7,12-15H2,1H3,(H,27,32)(H,30,31)/t16?,22-,26?/m0/s1. The minimum Gasteiger partial charge on any atom is -0.481 e. The Bertz CT molecular complexity index is 1070. The van der Waals surface area contributed by atoms with E-state index in [1.54, 1.807) is 4.90 Å². The van der Waals surface area contributed by atoms with Crippen LogP contribution in [0.5, 0.6) is 0 Å². The normalized spacial score (nSPS) is 23.3. The van der Waals surface area contributed by atoms with Crippen molar-refractivity contribution >= 4 is 18.0 Å². The molecule has 2 unspecified atom stereocenters. The van der Waals surface area contributed by atoms with Gasteiger partial charge in [-0.3, -0.25) is 9.59 Å². The number of nitrogens with zero attached hydrogens (tertiary/aromatic N) is 1. The number of benzene rings is 2.